The summed E-state index contributed by atoms with van der Waals surface area (Å²) in [5.41, 5.74) is 0. The molecule has 0 saturated carbocycles. The summed E-state index contributed by atoms with van der Waals surface area (Å²) in [5, 5.41) is 6.64. The highest BCUT2D eigenvalue weighted by molar-refractivity contribution is 14.0. The Labute approximate surface area is 164 Å². The highest BCUT2D eigenvalue weighted by Gasteiger charge is 2.28. The van der Waals surface area contributed by atoms with Gasteiger partial charge in [-0.3, -0.25) is 4.99 Å². The molecule has 142 valence electrons. The Bertz CT molecular complexity index is 510. The molecule has 0 radical (unpaired) electrons. The molecule has 2 fully saturated rings. The number of hydrogen-bond donors (Lipinski definition) is 2. The SMILES string of the molecule is CN=C(NCC1CCCN(CC(C)C)C1)NC1CCS(=O)(=O)C1.I. The van der Waals surface area contributed by atoms with E-state index in [1.165, 1.54) is 25.9 Å². The van der Waals surface area contributed by atoms with Crippen LogP contribution < -0.4 is 10.6 Å². The molecule has 0 aromatic heterocycles. The summed E-state index contributed by atoms with van der Waals surface area (Å²) >= 11 is 0. The van der Waals surface area contributed by atoms with E-state index < -0.39 is 9.84 Å². The zero-order valence-corrected chi connectivity index (χ0v) is 18.3. The number of rotatable bonds is 5. The number of likely N-dealkylation sites (tertiary alicyclic amines) is 1. The first-order valence-corrected chi connectivity index (χ1v) is 10.6. The second kappa shape index (κ2) is 10.2. The van der Waals surface area contributed by atoms with Crippen molar-refractivity contribution in [1.29, 1.82) is 0 Å². The van der Waals surface area contributed by atoms with E-state index in [0.29, 0.717) is 18.3 Å². The molecule has 2 heterocycles. The number of aliphatic imine (C=N–C) groups is 1. The van der Waals surface area contributed by atoms with E-state index in [1.807, 2.05) is 0 Å². The zero-order valence-electron chi connectivity index (χ0n) is 15.1. The fourth-order valence-electron chi connectivity index (χ4n) is 3.54. The second-order valence-corrected chi connectivity index (χ2v) is 9.59. The van der Waals surface area contributed by atoms with Crippen molar-refractivity contribution < 1.29 is 8.42 Å². The van der Waals surface area contributed by atoms with Gasteiger partial charge < -0.3 is 15.5 Å². The van der Waals surface area contributed by atoms with Gasteiger partial charge in [0.05, 0.1) is 11.5 Å². The van der Waals surface area contributed by atoms with E-state index in [4.69, 9.17) is 0 Å². The molecule has 2 aliphatic heterocycles. The molecule has 2 N–H and O–H groups in total. The lowest BCUT2D eigenvalue weighted by atomic mass is 9.97. The van der Waals surface area contributed by atoms with Crippen LogP contribution in [0.5, 0.6) is 0 Å². The van der Waals surface area contributed by atoms with Gasteiger partial charge in [-0.05, 0) is 37.6 Å². The fraction of sp³-hybridized carbons (Fsp3) is 0.938. The quantitative estimate of drug-likeness (QED) is 0.359. The number of nitrogens with zero attached hydrogens (tertiary/aromatic N) is 2. The summed E-state index contributed by atoms with van der Waals surface area (Å²) in [7, 11) is -1.11. The molecule has 0 bridgehead atoms. The van der Waals surface area contributed by atoms with E-state index in [9.17, 15) is 8.42 Å². The molecule has 24 heavy (non-hydrogen) atoms. The molecule has 0 aromatic rings. The second-order valence-electron chi connectivity index (χ2n) is 7.36. The van der Waals surface area contributed by atoms with Crippen molar-refractivity contribution in [1.82, 2.24) is 15.5 Å². The van der Waals surface area contributed by atoms with Gasteiger partial charge in [-0.25, -0.2) is 8.42 Å². The van der Waals surface area contributed by atoms with Crippen molar-refractivity contribution in [2.75, 3.05) is 44.7 Å². The lowest BCUT2D eigenvalue weighted by Gasteiger charge is -2.34. The van der Waals surface area contributed by atoms with Crippen molar-refractivity contribution >= 4 is 39.8 Å². The van der Waals surface area contributed by atoms with Gasteiger partial charge in [0, 0.05) is 32.7 Å². The molecule has 0 spiro atoms. The van der Waals surface area contributed by atoms with Gasteiger partial charge in [0.25, 0.3) is 0 Å². The van der Waals surface area contributed by atoms with E-state index in [0.717, 1.165) is 19.0 Å². The highest BCUT2D eigenvalue weighted by Crippen LogP contribution is 2.17. The Morgan fingerprint density at radius 2 is 2.08 bits per heavy atom. The normalized spacial score (nSPS) is 27.8. The van der Waals surface area contributed by atoms with Crippen LogP contribution in [0.4, 0.5) is 0 Å². The van der Waals surface area contributed by atoms with Crippen molar-refractivity contribution in [2.24, 2.45) is 16.8 Å². The average molecular weight is 472 g/mol. The van der Waals surface area contributed by atoms with Crippen LogP contribution in [0.1, 0.15) is 33.1 Å². The van der Waals surface area contributed by atoms with Crippen LogP contribution >= 0.6 is 24.0 Å². The average Bonchev–Trinajstić information content (AvgIpc) is 2.82. The van der Waals surface area contributed by atoms with Gasteiger partial charge in [0.2, 0.25) is 0 Å². The van der Waals surface area contributed by atoms with Gasteiger partial charge >= 0.3 is 0 Å². The smallest absolute Gasteiger partial charge is 0.191 e. The molecule has 2 rings (SSSR count). The zero-order chi connectivity index (χ0) is 16.9. The summed E-state index contributed by atoms with van der Waals surface area (Å²) in [4.78, 5) is 6.79. The maximum Gasteiger partial charge on any atom is 0.191 e. The maximum absolute atomic E-state index is 11.5. The fourth-order valence-corrected chi connectivity index (χ4v) is 5.21. The maximum atomic E-state index is 11.5. The van der Waals surface area contributed by atoms with E-state index >= 15 is 0 Å². The number of sulfone groups is 1. The first kappa shape index (κ1) is 22.0. The Kier molecular flexibility index (Phi) is 9.29. The number of guanidine groups is 1. The minimum atomic E-state index is -2.86. The summed E-state index contributed by atoms with van der Waals surface area (Å²) in [6.45, 7) is 8.95. The molecule has 0 aromatic carbocycles. The molecule has 8 heteroatoms. The van der Waals surface area contributed by atoms with Crippen LogP contribution in [0.25, 0.3) is 0 Å². The molecule has 0 aliphatic carbocycles. The van der Waals surface area contributed by atoms with Crippen molar-refractivity contribution in [3.05, 3.63) is 0 Å². The summed E-state index contributed by atoms with van der Waals surface area (Å²) in [6.07, 6.45) is 3.18. The predicted octanol–water partition coefficient (Wildman–Crippen LogP) is 1.32. The third-order valence-electron chi connectivity index (χ3n) is 4.58. The Morgan fingerprint density at radius 1 is 1.33 bits per heavy atom. The van der Waals surface area contributed by atoms with E-state index in [2.05, 4.69) is 34.4 Å². The molecule has 2 unspecified atom stereocenters. The lowest BCUT2D eigenvalue weighted by molar-refractivity contribution is 0.159. The molecular formula is C16H33IN4O2S. The number of piperidine rings is 1. The van der Waals surface area contributed by atoms with Gasteiger partial charge in [-0.15, -0.1) is 24.0 Å². The largest absolute Gasteiger partial charge is 0.356 e. The summed E-state index contributed by atoms with van der Waals surface area (Å²) < 4.78 is 23.1. The van der Waals surface area contributed by atoms with Crippen molar-refractivity contribution in [3.63, 3.8) is 0 Å². The first-order valence-electron chi connectivity index (χ1n) is 8.78. The first-order chi connectivity index (χ1) is 10.9. The Balaban J connectivity index is 0.00000288. The standard InChI is InChI=1S/C16H32N4O2S.HI/c1-13(2)10-20-7-4-5-14(11-20)9-18-16(17-3)19-15-6-8-23(21,22)12-15;/h13-15H,4-12H2,1-3H3,(H2,17,18,19);1H. The van der Waals surface area contributed by atoms with Crippen molar-refractivity contribution in [2.45, 2.75) is 39.2 Å². The minimum absolute atomic E-state index is 0. The van der Waals surface area contributed by atoms with Crippen LogP contribution in [0.15, 0.2) is 4.99 Å². The molecule has 2 saturated heterocycles. The molecule has 6 nitrogen and oxygen atoms in total. The van der Waals surface area contributed by atoms with Gasteiger partial charge in [-0.1, -0.05) is 13.8 Å². The minimum Gasteiger partial charge on any atom is -0.356 e. The van der Waals surface area contributed by atoms with E-state index in [1.54, 1.807) is 7.05 Å². The molecule has 0 amide bonds. The number of halogens is 1. The Morgan fingerprint density at radius 3 is 2.67 bits per heavy atom. The molecule has 2 atom stereocenters. The molecule has 2 aliphatic rings. The van der Waals surface area contributed by atoms with Crippen molar-refractivity contribution in [3.8, 4) is 0 Å². The number of hydrogen-bond acceptors (Lipinski definition) is 4. The van der Waals surface area contributed by atoms with E-state index in [-0.39, 0.29) is 41.5 Å². The van der Waals surface area contributed by atoms with Gasteiger partial charge in [0.15, 0.2) is 15.8 Å². The lowest BCUT2D eigenvalue weighted by Crippen LogP contribution is -2.47. The third kappa shape index (κ3) is 7.43. The summed E-state index contributed by atoms with van der Waals surface area (Å²) in [6, 6.07) is -0.00463. The van der Waals surface area contributed by atoms with Crippen LogP contribution in [0.3, 0.4) is 0 Å². The summed E-state index contributed by atoms with van der Waals surface area (Å²) in [5.74, 6) is 2.58. The highest BCUT2D eigenvalue weighted by atomic mass is 127. The van der Waals surface area contributed by atoms with Crippen LogP contribution in [-0.4, -0.2) is 70.1 Å². The van der Waals surface area contributed by atoms with Gasteiger partial charge in [-0.2, -0.15) is 0 Å². The van der Waals surface area contributed by atoms with Gasteiger partial charge in [0.1, 0.15) is 0 Å². The molecular weight excluding hydrogens is 439 g/mol. The topological polar surface area (TPSA) is 73.8 Å². The Hall–Kier alpha value is -0.0900. The van der Waals surface area contributed by atoms with Crippen LogP contribution in [0.2, 0.25) is 0 Å². The third-order valence-corrected chi connectivity index (χ3v) is 6.35. The number of nitrogens with one attached hydrogen (secondary N) is 2. The monoisotopic (exact) mass is 472 g/mol. The van der Waals surface area contributed by atoms with Crippen LogP contribution in [-0.2, 0) is 9.84 Å². The predicted molar refractivity (Wildman–Crippen MR) is 111 cm³/mol. The van der Waals surface area contributed by atoms with Crippen LogP contribution in [0, 0.1) is 11.8 Å².